The molecule has 2 N–H and O–H groups in total. The molecule has 0 bridgehead atoms. The zero-order chi connectivity index (χ0) is 13.8. The minimum absolute atomic E-state index is 0.237. The van der Waals surface area contributed by atoms with Gasteiger partial charge in [0, 0.05) is 24.2 Å². The van der Waals surface area contributed by atoms with Crippen LogP contribution in [0.2, 0.25) is 0 Å². The molecule has 0 spiro atoms. The Hall–Kier alpha value is -1.66. The van der Waals surface area contributed by atoms with Gasteiger partial charge in [0.25, 0.3) is 0 Å². The Morgan fingerprint density at radius 3 is 2.95 bits per heavy atom. The first-order valence-corrected chi connectivity index (χ1v) is 7.54. The predicted octanol–water partition coefficient (Wildman–Crippen LogP) is 2.23. The van der Waals surface area contributed by atoms with Crippen molar-refractivity contribution in [3.05, 3.63) is 36.2 Å². The van der Waals surface area contributed by atoms with Gasteiger partial charge >= 0.3 is 0 Å². The van der Waals surface area contributed by atoms with E-state index in [0.29, 0.717) is 13.2 Å². The molecular weight excluding hydrogens is 274 g/mol. The minimum atomic E-state index is 0.237. The van der Waals surface area contributed by atoms with E-state index >= 15 is 0 Å². The highest BCUT2D eigenvalue weighted by Crippen LogP contribution is 2.33. The summed E-state index contributed by atoms with van der Waals surface area (Å²) < 4.78 is 11.2. The number of ether oxygens (including phenoxy) is 2. The first kappa shape index (κ1) is 13.3. The van der Waals surface area contributed by atoms with E-state index in [1.807, 2.05) is 19.3 Å². The van der Waals surface area contributed by atoms with Crippen molar-refractivity contribution in [3.63, 3.8) is 0 Å². The van der Waals surface area contributed by atoms with Crippen molar-refractivity contribution in [2.75, 3.05) is 26.0 Å². The van der Waals surface area contributed by atoms with Gasteiger partial charge in [-0.05, 0) is 24.7 Å². The van der Waals surface area contributed by atoms with Gasteiger partial charge in [-0.1, -0.05) is 17.8 Å². The molecular formula is C14H17N3O2S. The number of fused-ring (bicyclic) bond motifs is 1. The standard InChI is InChI=1S/C14H17N3O2S/c1-15-11(9-20-14-16-4-5-17-14)10-2-3-12-13(8-10)19-7-6-18-12/h2-5,8,11,15H,6-7,9H2,1H3,(H,16,17). The minimum Gasteiger partial charge on any atom is -0.486 e. The predicted molar refractivity (Wildman–Crippen MR) is 78.5 cm³/mol. The number of nitrogens with one attached hydrogen (secondary N) is 2. The molecule has 1 aliphatic rings. The van der Waals surface area contributed by atoms with Crippen LogP contribution in [0.3, 0.4) is 0 Å². The molecule has 0 radical (unpaired) electrons. The maximum absolute atomic E-state index is 5.63. The first-order chi connectivity index (χ1) is 9.86. The zero-order valence-electron chi connectivity index (χ0n) is 11.3. The maximum Gasteiger partial charge on any atom is 0.165 e. The molecule has 2 heterocycles. The summed E-state index contributed by atoms with van der Waals surface area (Å²) in [7, 11) is 1.96. The molecule has 1 unspecified atom stereocenters. The fourth-order valence-corrected chi connectivity index (χ4v) is 3.09. The molecule has 1 atom stereocenters. The molecule has 3 rings (SSSR count). The topological polar surface area (TPSA) is 59.2 Å². The Balaban J connectivity index is 1.71. The van der Waals surface area contributed by atoms with Crippen LogP contribution in [0.5, 0.6) is 11.5 Å². The molecule has 0 saturated heterocycles. The lowest BCUT2D eigenvalue weighted by molar-refractivity contribution is 0.171. The van der Waals surface area contributed by atoms with Crippen molar-refractivity contribution < 1.29 is 9.47 Å². The first-order valence-electron chi connectivity index (χ1n) is 6.56. The average Bonchev–Trinajstić information content (AvgIpc) is 3.01. The number of nitrogens with zero attached hydrogens (tertiary/aromatic N) is 1. The van der Waals surface area contributed by atoms with E-state index in [2.05, 4.69) is 27.4 Å². The number of hydrogen-bond donors (Lipinski definition) is 2. The highest BCUT2D eigenvalue weighted by molar-refractivity contribution is 7.99. The highest BCUT2D eigenvalue weighted by Gasteiger charge is 2.16. The van der Waals surface area contributed by atoms with Crippen LogP contribution in [-0.4, -0.2) is 36.0 Å². The Morgan fingerprint density at radius 2 is 2.20 bits per heavy atom. The average molecular weight is 291 g/mol. The van der Waals surface area contributed by atoms with Gasteiger partial charge in [0.1, 0.15) is 13.2 Å². The van der Waals surface area contributed by atoms with Crippen LogP contribution in [0.4, 0.5) is 0 Å². The van der Waals surface area contributed by atoms with Crippen molar-refractivity contribution in [2.24, 2.45) is 0 Å². The second kappa shape index (κ2) is 6.19. The van der Waals surface area contributed by atoms with Crippen molar-refractivity contribution in [1.82, 2.24) is 15.3 Å². The number of rotatable bonds is 5. The van der Waals surface area contributed by atoms with E-state index in [4.69, 9.17) is 9.47 Å². The summed E-state index contributed by atoms with van der Waals surface area (Å²) in [6.45, 7) is 1.23. The molecule has 5 nitrogen and oxygen atoms in total. The zero-order valence-corrected chi connectivity index (χ0v) is 12.1. The third-order valence-electron chi connectivity index (χ3n) is 3.18. The maximum atomic E-state index is 5.63. The van der Waals surface area contributed by atoms with Gasteiger partial charge in [-0.15, -0.1) is 0 Å². The molecule has 20 heavy (non-hydrogen) atoms. The van der Waals surface area contributed by atoms with Gasteiger partial charge in [-0.25, -0.2) is 4.98 Å². The Kier molecular flexibility index (Phi) is 4.13. The third-order valence-corrected chi connectivity index (χ3v) is 4.17. The molecule has 1 aromatic heterocycles. The van der Waals surface area contributed by atoms with Gasteiger partial charge in [0.05, 0.1) is 0 Å². The second-order valence-electron chi connectivity index (χ2n) is 4.45. The molecule has 1 aliphatic heterocycles. The summed E-state index contributed by atoms with van der Waals surface area (Å²) in [6.07, 6.45) is 3.60. The number of benzene rings is 1. The summed E-state index contributed by atoms with van der Waals surface area (Å²) in [5.41, 5.74) is 1.19. The molecule has 2 aromatic rings. The molecule has 0 aliphatic carbocycles. The van der Waals surface area contributed by atoms with Gasteiger partial charge in [-0.3, -0.25) is 0 Å². The van der Waals surface area contributed by atoms with Gasteiger partial charge in [0.15, 0.2) is 16.7 Å². The van der Waals surface area contributed by atoms with Crippen LogP contribution in [-0.2, 0) is 0 Å². The Labute approximate surface area is 122 Å². The lowest BCUT2D eigenvalue weighted by Gasteiger charge is -2.21. The Bertz CT molecular complexity index is 560. The van der Waals surface area contributed by atoms with Crippen LogP contribution < -0.4 is 14.8 Å². The fourth-order valence-electron chi connectivity index (χ4n) is 2.11. The van der Waals surface area contributed by atoms with Crippen molar-refractivity contribution in [1.29, 1.82) is 0 Å². The van der Waals surface area contributed by atoms with Gasteiger partial charge < -0.3 is 19.8 Å². The smallest absolute Gasteiger partial charge is 0.165 e. The number of hydrogen-bond acceptors (Lipinski definition) is 5. The normalized spacial score (nSPS) is 15.1. The van der Waals surface area contributed by atoms with Crippen LogP contribution in [0, 0.1) is 0 Å². The lowest BCUT2D eigenvalue weighted by Crippen LogP contribution is -2.20. The SMILES string of the molecule is CNC(CSc1ncc[nH]1)c1ccc2c(c1)OCCO2. The monoisotopic (exact) mass is 291 g/mol. The van der Waals surface area contributed by atoms with Crippen molar-refractivity contribution in [2.45, 2.75) is 11.2 Å². The van der Waals surface area contributed by atoms with Crippen LogP contribution >= 0.6 is 11.8 Å². The second-order valence-corrected chi connectivity index (χ2v) is 5.46. The number of aromatic amines is 1. The number of aromatic nitrogens is 2. The van der Waals surface area contributed by atoms with Crippen molar-refractivity contribution in [3.8, 4) is 11.5 Å². The summed E-state index contributed by atoms with van der Waals surface area (Å²) in [5, 5.41) is 4.26. The number of H-pyrrole nitrogens is 1. The highest BCUT2D eigenvalue weighted by atomic mass is 32.2. The molecule has 0 amide bonds. The van der Waals surface area contributed by atoms with Crippen molar-refractivity contribution >= 4 is 11.8 Å². The molecule has 6 heteroatoms. The van der Waals surface area contributed by atoms with Gasteiger partial charge in [-0.2, -0.15) is 0 Å². The van der Waals surface area contributed by atoms with Gasteiger partial charge in [0.2, 0.25) is 0 Å². The summed E-state index contributed by atoms with van der Waals surface area (Å²) in [5.74, 6) is 2.55. The van der Waals surface area contributed by atoms with Crippen LogP contribution in [0.1, 0.15) is 11.6 Å². The van der Waals surface area contributed by atoms with E-state index in [9.17, 15) is 0 Å². The summed E-state index contributed by atoms with van der Waals surface area (Å²) in [6, 6.07) is 6.35. The fraction of sp³-hybridized carbons (Fsp3) is 0.357. The van der Waals surface area contributed by atoms with E-state index in [1.54, 1.807) is 18.0 Å². The van der Waals surface area contributed by atoms with Crippen LogP contribution in [0.15, 0.2) is 35.7 Å². The van der Waals surface area contributed by atoms with E-state index < -0.39 is 0 Å². The largest absolute Gasteiger partial charge is 0.486 e. The summed E-state index contributed by atoms with van der Waals surface area (Å²) >= 11 is 1.69. The summed E-state index contributed by atoms with van der Waals surface area (Å²) in [4.78, 5) is 7.32. The van der Waals surface area contributed by atoms with E-state index in [-0.39, 0.29) is 6.04 Å². The van der Waals surface area contributed by atoms with Crippen LogP contribution in [0.25, 0.3) is 0 Å². The lowest BCUT2D eigenvalue weighted by atomic mass is 10.1. The van der Waals surface area contributed by atoms with E-state index in [1.165, 1.54) is 5.56 Å². The van der Waals surface area contributed by atoms with E-state index in [0.717, 1.165) is 22.4 Å². The third kappa shape index (κ3) is 2.91. The quantitative estimate of drug-likeness (QED) is 0.827. The molecule has 0 fully saturated rings. The molecule has 1 aromatic carbocycles. The molecule has 106 valence electrons. The Morgan fingerprint density at radius 1 is 1.35 bits per heavy atom. The number of thioether (sulfide) groups is 1. The number of imidazole rings is 1. The molecule has 0 saturated carbocycles.